The molecule has 2 N–H and O–H groups in total. The first-order valence-corrected chi connectivity index (χ1v) is 6.89. The van der Waals surface area contributed by atoms with E-state index in [9.17, 15) is 4.39 Å². The number of anilines is 1. The Morgan fingerprint density at radius 1 is 1.30 bits per heavy atom. The molecule has 0 aliphatic rings. The smallest absolute Gasteiger partial charge is 0.201 e. The highest BCUT2D eigenvalue weighted by atomic mass is 79.9. The van der Waals surface area contributed by atoms with Crippen LogP contribution in [-0.2, 0) is 13.1 Å². The van der Waals surface area contributed by atoms with Gasteiger partial charge in [0.1, 0.15) is 5.82 Å². The van der Waals surface area contributed by atoms with Crippen molar-refractivity contribution in [1.82, 2.24) is 24.5 Å². The second-order valence-electron chi connectivity index (χ2n) is 4.40. The molecule has 0 bridgehead atoms. The third kappa shape index (κ3) is 2.38. The Bertz CT molecular complexity index is 736. The molecule has 0 saturated carbocycles. The molecule has 0 fully saturated rings. The van der Waals surface area contributed by atoms with E-state index in [-0.39, 0.29) is 5.82 Å². The van der Waals surface area contributed by atoms with E-state index >= 15 is 0 Å². The molecular formula is C12H12BrFN6. The molecule has 0 atom stereocenters. The van der Waals surface area contributed by atoms with Crippen molar-refractivity contribution in [1.29, 1.82) is 0 Å². The summed E-state index contributed by atoms with van der Waals surface area (Å²) in [7, 11) is 0. The Morgan fingerprint density at radius 2 is 2.15 bits per heavy atom. The van der Waals surface area contributed by atoms with Gasteiger partial charge in [-0.1, -0.05) is 5.21 Å². The van der Waals surface area contributed by atoms with Gasteiger partial charge >= 0.3 is 0 Å². The number of halogens is 2. The second kappa shape index (κ2) is 5.20. The minimum absolute atomic E-state index is 0.343. The van der Waals surface area contributed by atoms with Gasteiger partial charge in [0, 0.05) is 25.4 Å². The van der Waals surface area contributed by atoms with Crippen molar-refractivity contribution in [3.63, 3.8) is 0 Å². The summed E-state index contributed by atoms with van der Waals surface area (Å²) in [5, 5.41) is 7.65. The van der Waals surface area contributed by atoms with Crippen molar-refractivity contribution < 1.29 is 4.39 Å². The van der Waals surface area contributed by atoms with Gasteiger partial charge in [0.05, 0.1) is 21.7 Å². The lowest BCUT2D eigenvalue weighted by Crippen LogP contribution is -2.07. The first-order valence-electron chi connectivity index (χ1n) is 6.10. The highest BCUT2D eigenvalue weighted by Gasteiger charge is 2.11. The van der Waals surface area contributed by atoms with Crippen LogP contribution >= 0.6 is 15.9 Å². The number of fused-ring (bicyclic) bond motifs is 1. The summed E-state index contributed by atoms with van der Waals surface area (Å²) in [6.07, 6.45) is 4.27. The molecule has 2 aromatic heterocycles. The normalized spacial score (nSPS) is 11.3. The van der Waals surface area contributed by atoms with Gasteiger partial charge in [-0.25, -0.2) is 9.37 Å². The Morgan fingerprint density at radius 3 is 2.90 bits per heavy atom. The van der Waals surface area contributed by atoms with E-state index < -0.39 is 0 Å². The topological polar surface area (TPSA) is 74.5 Å². The number of benzene rings is 1. The maximum Gasteiger partial charge on any atom is 0.201 e. The number of aryl methyl sites for hydroxylation is 2. The van der Waals surface area contributed by atoms with Crippen LogP contribution in [0.3, 0.4) is 0 Å². The summed E-state index contributed by atoms with van der Waals surface area (Å²) in [5.74, 6) is 0.0425. The fraction of sp³-hybridized carbons (Fsp3) is 0.250. The Kier molecular flexibility index (Phi) is 3.39. The van der Waals surface area contributed by atoms with Gasteiger partial charge in [-0.3, -0.25) is 4.68 Å². The van der Waals surface area contributed by atoms with Crippen molar-refractivity contribution in [3.8, 4) is 0 Å². The van der Waals surface area contributed by atoms with Crippen LogP contribution in [-0.4, -0.2) is 24.5 Å². The standard InChI is InChI=1S/C12H12BrFN6/c13-8-6-11-10(7-9(8)14)17-12(15)20(11)4-1-3-19-5-2-16-18-19/h2,5-7H,1,3-4H2,(H2,15,17). The zero-order valence-electron chi connectivity index (χ0n) is 10.5. The quantitative estimate of drug-likeness (QED) is 0.791. The van der Waals surface area contributed by atoms with Crippen molar-refractivity contribution in [2.24, 2.45) is 0 Å². The highest BCUT2D eigenvalue weighted by Crippen LogP contribution is 2.25. The summed E-state index contributed by atoms with van der Waals surface area (Å²) in [6, 6.07) is 3.08. The van der Waals surface area contributed by atoms with Crippen molar-refractivity contribution in [2.45, 2.75) is 19.5 Å². The fourth-order valence-corrected chi connectivity index (χ4v) is 2.45. The number of hydrogen-bond donors (Lipinski definition) is 1. The molecule has 20 heavy (non-hydrogen) atoms. The molecule has 3 rings (SSSR count). The van der Waals surface area contributed by atoms with Gasteiger partial charge < -0.3 is 10.3 Å². The van der Waals surface area contributed by atoms with Gasteiger partial charge in [0.2, 0.25) is 5.95 Å². The Balaban J connectivity index is 1.83. The minimum Gasteiger partial charge on any atom is -0.369 e. The zero-order chi connectivity index (χ0) is 14.1. The average Bonchev–Trinajstić information content (AvgIpc) is 3.01. The molecule has 8 heteroatoms. The van der Waals surface area contributed by atoms with Crippen LogP contribution in [0.2, 0.25) is 0 Å². The highest BCUT2D eigenvalue weighted by molar-refractivity contribution is 9.10. The number of hydrogen-bond acceptors (Lipinski definition) is 4. The molecule has 0 saturated heterocycles. The molecule has 104 valence electrons. The van der Waals surface area contributed by atoms with E-state index in [1.165, 1.54) is 6.07 Å². The molecule has 0 radical (unpaired) electrons. The number of rotatable bonds is 4. The number of nitrogens with zero attached hydrogens (tertiary/aromatic N) is 5. The van der Waals surface area contributed by atoms with Crippen molar-refractivity contribution in [3.05, 3.63) is 34.8 Å². The van der Waals surface area contributed by atoms with Crippen LogP contribution < -0.4 is 5.73 Å². The van der Waals surface area contributed by atoms with Gasteiger partial charge in [-0.15, -0.1) is 5.10 Å². The molecule has 1 aromatic carbocycles. The number of nitrogen functional groups attached to an aromatic ring is 1. The lowest BCUT2D eigenvalue weighted by Gasteiger charge is -2.06. The SMILES string of the molecule is Nc1nc2cc(F)c(Br)cc2n1CCCn1ccnn1. The van der Waals surface area contributed by atoms with Crippen molar-refractivity contribution in [2.75, 3.05) is 5.73 Å². The van der Waals surface area contributed by atoms with E-state index in [0.29, 0.717) is 22.5 Å². The first kappa shape index (κ1) is 13.0. The maximum atomic E-state index is 13.5. The first-order chi connectivity index (χ1) is 9.65. The van der Waals surface area contributed by atoms with Gasteiger partial charge in [0.15, 0.2) is 0 Å². The Hall–Kier alpha value is -1.96. The van der Waals surface area contributed by atoms with E-state index in [0.717, 1.165) is 18.5 Å². The van der Waals surface area contributed by atoms with Gasteiger partial charge in [-0.2, -0.15) is 0 Å². The molecule has 0 aliphatic carbocycles. The third-order valence-electron chi connectivity index (χ3n) is 3.06. The summed E-state index contributed by atoms with van der Waals surface area (Å²) in [4.78, 5) is 4.18. The lowest BCUT2D eigenvalue weighted by atomic mass is 10.3. The van der Waals surface area contributed by atoms with Gasteiger partial charge in [0.25, 0.3) is 0 Å². The molecule has 3 aromatic rings. The maximum absolute atomic E-state index is 13.5. The number of nitrogens with two attached hydrogens (primary N) is 1. The van der Waals surface area contributed by atoms with Crippen LogP contribution in [0.4, 0.5) is 10.3 Å². The summed E-state index contributed by atoms with van der Waals surface area (Å²) < 4.78 is 17.5. The average molecular weight is 339 g/mol. The second-order valence-corrected chi connectivity index (χ2v) is 5.25. The van der Waals surface area contributed by atoms with Crippen LogP contribution in [0, 0.1) is 5.82 Å². The Labute approximate surface area is 122 Å². The molecule has 0 spiro atoms. The molecule has 0 aliphatic heterocycles. The largest absolute Gasteiger partial charge is 0.369 e. The molecule has 0 amide bonds. The summed E-state index contributed by atoms with van der Waals surface area (Å²) in [6.45, 7) is 1.42. The van der Waals surface area contributed by atoms with E-state index in [1.54, 1.807) is 23.1 Å². The monoisotopic (exact) mass is 338 g/mol. The number of aromatic nitrogens is 5. The van der Waals surface area contributed by atoms with E-state index in [2.05, 4.69) is 31.2 Å². The summed E-state index contributed by atoms with van der Waals surface area (Å²) in [5.41, 5.74) is 7.27. The molecule has 6 nitrogen and oxygen atoms in total. The van der Waals surface area contributed by atoms with E-state index in [4.69, 9.17) is 5.73 Å². The molecule has 2 heterocycles. The predicted molar refractivity (Wildman–Crippen MR) is 76.4 cm³/mol. The minimum atomic E-state index is -0.343. The summed E-state index contributed by atoms with van der Waals surface area (Å²) >= 11 is 3.18. The van der Waals surface area contributed by atoms with Crippen LogP contribution in [0.25, 0.3) is 11.0 Å². The fourth-order valence-electron chi connectivity index (χ4n) is 2.12. The van der Waals surface area contributed by atoms with Crippen LogP contribution in [0.15, 0.2) is 29.0 Å². The zero-order valence-corrected chi connectivity index (χ0v) is 12.1. The van der Waals surface area contributed by atoms with Crippen LogP contribution in [0.5, 0.6) is 0 Å². The van der Waals surface area contributed by atoms with E-state index in [1.807, 2.05) is 4.57 Å². The molecular weight excluding hydrogens is 327 g/mol. The van der Waals surface area contributed by atoms with Gasteiger partial charge in [-0.05, 0) is 28.4 Å². The number of imidazole rings is 1. The molecule has 0 unspecified atom stereocenters. The predicted octanol–water partition coefficient (Wildman–Crippen LogP) is 2.20. The third-order valence-corrected chi connectivity index (χ3v) is 3.67. The lowest BCUT2D eigenvalue weighted by molar-refractivity contribution is 0.521. The van der Waals surface area contributed by atoms with Crippen LogP contribution in [0.1, 0.15) is 6.42 Å². The van der Waals surface area contributed by atoms with Crippen molar-refractivity contribution >= 4 is 32.9 Å².